The topological polar surface area (TPSA) is 91.8 Å². The van der Waals surface area contributed by atoms with Gasteiger partial charge in [-0.25, -0.2) is 13.6 Å². The predicted octanol–water partition coefficient (Wildman–Crippen LogP) is 2.42. The zero-order valence-corrected chi connectivity index (χ0v) is 16.6. The van der Waals surface area contributed by atoms with Crippen LogP contribution < -0.4 is 16.1 Å². The molecule has 1 aromatic carbocycles. The first-order valence-electron chi connectivity index (χ1n) is 9.68. The van der Waals surface area contributed by atoms with Gasteiger partial charge in [0.2, 0.25) is 5.43 Å². The van der Waals surface area contributed by atoms with E-state index in [9.17, 15) is 14.7 Å². The Morgan fingerprint density at radius 1 is 1.17 bits per heavy atom. The summed E-state index contributed by atoms with van der Waals surface area (Å²) in [6.45, 7) is 4.76. The lowest BCUT2D eigenvalue weighted by atomic mass is 10.0. The first-order chi connectivity index (χ1) is 13.6. The van der Waals surface area contributed by atoms with Gasteiger partial charge in [0.25, 0.3) is 0 Å². The summed E-state index contributed by atoms with van der Waals surface area (Å²) in [5.74, 6) is -3.32. The third kappa shape index (κ3) is 2.95. The van der Waals surface area contributed by atoms with Crippen molar-refractivity contribution in [1.82, 2.24) is 9.47 Å². The maximum atomic E-state index is 15.7. The Balaban J connectivity index is 2.02. The van der Waals surface area contributed by atoms with Crippen molar-refractivity contribution in [1.29, 1.82) is 0 Å². The normalized spacial score (nSPS) is 23.0. The number of pyridine rings is 1. The molecule has 2 aliphatic rings. The summed E-state index contributed by atoms with van der Waals surface area (Å²) in [5.41, 5.74) is 3.59. The molecule has 7 nitrogen and oxygen atoms in total. The summed E-state index contributed by atoms with van der Waals surface area (Å²) < 4.78 is 32.5. The van der Waals surface area contributed by atoms with Crippen LogP contribution in [0.25, 0.3) is 10.9 Å². The highest BCUT2D eigenvalue weighted by Gasteiger charge is 2.35. The van der Waals surface area contributed by atoms with E-state index < -0.39 is 39.7 Å². The van der Waals surface area contributed by atoms with Crippen LogP contribution in [0.2, 0.25) is 0 Å². The van der Waals surface area contributed by atoms with E-state index in [0.717, 1.165) is 19.0 Å². The second-order valence-corrected chi connectivity index (χ2v) is 8.20. The lowest BCUT2D eigenvalue weighted by Crippen LogP contribution is -2.55. The van der Waals surface area contributed by atoms with Crippen molar-refractivity contribution in [3.05, 3.63) is 33.6 Å². The number of hydrogen-bond acceptors (Lipinski definition) is 5. The molecule has 1 aliphatic carbocycles. The van der Waals surface area contributed by atoms with Crippen molar-refractivity contribution in [2.45, 2.75) is 44.8 Å². The number of nitrogen functional groups attached to an aromatic ring is 1. The number of carbonyl (C=O) groups is 1. The molecule has 0 radical (unpaired) electrons. The van der Waals surface area contributed by atoms with Gasteiger partial charge in [-0.15, -0.1) is 0 Å². The van der Waals surface area contributed by atoms with Crippen molar-refractivity contribution in [2.24, 2.45) is 0 Å². The number of likely N-dealkylation sites (N-methyl/N-ethyl adjacent to an activating group) is 1. The summed E-state index contributed by atoms with van der Waals surface area (Å²) in [6, 6.07) is -0.00212. The summed E-state index contributed by atoms with van der Waals surface area (Å²) in [4.78, 5) is 28.0. The van der Waals surface area contributed by atoms with Crippen LogP contribution in [0.3, 0.4) is 0 Å². The number of hydrogen-bond donors (Lipinski definition) is 2. The molecule has 1 saturated heterocycles. The van der Waals surface area contributed by atoms with Gasteiger partial charge in [-0.05, 0) is 33.7 Å². The summed E-state index contributed by atoms with van der Waals surface area (Å²) in [7, 11) is 1.96. The molecule has 2 heterocycles. The van der Waals surface area contributed by atoms with Gasteiger partial charge in [0, 0.05) is 37.4 Å². The molecule has 1 saturated carbocycles. The zero-order valence-electron chi connectivity index (χ0n) is 16.6. The first kappa shape index (κ1) is 19.6. The van der Waals surface area contributed by atoms with Crippen LogP contribution >= 0.6 is 0 Å². The van der Waals surface area contributed by atoms with Gasteiger partial charge in [0.05, 0.1) is 16.6 Å². The summed E-state index contributed by atoms with van der Waals surface area (Å²) in [5, 5.41) is 8.97. The average molecular weight is 406 g/mol. The number of rotatable bonds is 3. The number of fused-ring (bicyclic) bond motifs is 1. The van der Waals surface area contributed by atoms with Gasteiger partial charge >= 0.3 is 5.97 Å². The molecular formula is C20H24F2N4O3. The number of halogens is 2. The number of benzene rings is 1. The van der Waals surface area contributed by atoms with Gasteiger partial charge in [-0.1, -0.05) is 0 Å². The SMILES string of the molecule is C[C@@H]1CN(c2c(F)c(N)c3c(=O)c(C(=O)O)cn(C4CC4)c3c2F)C[C@H](C)N1C. The molecule has 0 spiro atoms. The van der Waals surface area contributed by atoms with Gasteiger partial charge < -0.3 is 20.3 Å². The largest absolute Gasteiger partial charge is 0.477 e. The number of aromatic carboxylic acids is 1. The minimum atomic E-state index is -1.45. The number of anilines is 2. The molecule has 1 aromatic heterocycles. The standard InChI is InChI=1S/C20H24F2N4O3/c1-9-6-25(7-10(2)24(9)3)18-14(21)16(23)13-17(15(18)22)26(11-4-5-11)8-12(19(13)27)20(28)29/h8-11H,4-7,23H2,1-3H3,(H,28,29)/t9-,10+. The zero-order chi connectivity index (χ0) is 21.2. The van der Waals surface area contributed by atoms with Gasteiger partial charge in [0.1, 0.15) is 11.3 Å². The van der Waals surface area contributed by atoms with Crippen molar-refractivity contribution in [3.8, 4) is 0 Å². The molecule has 29 heavy (non-hydrogen) atoms. The Hall–Kier alpha value is -2.68. The van der Waals surface area contributed by atoms with E-state index in [-0.39, 0.29) is 29.3 Å². The molecule has 2 atom stereocenters. The molecule has 2 fully saturated rings. The smallest absolute Gasteiger partial charge is 0.341 e. The van der Waals surface area contributed by atoms with Crippen molar-refractivity contribution >= 4 is 28.2 Å². The highest BCUT2D eigenvalue weighted by atomic mass is 19.1. The average Bonchev–Trinajstić information content (AvgIpc) is 3.48. The maximum Gasteiger partial charge on any atom is 0.341 e. The van der Waals surface area contributed by atoms with E-state index in [0.29, 0.717) is 13.1 Å². The molecule has 0 bridgehead atoms. The van der Waals surface area contributed by atoms with E-state index >= 15 is 8.78 Å². The van der Waals surface area contributed by atoms with Crippen molar-refractivity contribution < 1.29 is 18.7 Å². The number of nitrogens with two attached hydrogens (primary N) is 1. The van der Waals surface area contributed by atoms with Gasteiger partial charge in [0.15, 0.2) is 11.6 Å². The maximum absolute atomic E-state index is 15.7. The number of carboxylic acid groups (broad SMARTS) is 1. The lowest BCUT2D eigenvalue weighted by molar-refractivity contribution is 0.0695. The molecule has 2 aromatic rings. The molecule has 0 amide bonds. The molecule has 1 aliphatic heterocycles. The number of aromatic nitrogens is 1. The number of piperazine rings is 1. The third-order valence-corrected chi connectivity index (χ3v) is 6.21. The first-order valence-corrected chi connectivity index (χ1v) is 9.68. The minimum Gasteiger partial charge on any atom is -0.477 e. The van der Waals surface area contributed by atoms with Crippen LogP contribution in [0.1, 0.15) is 43.1 Å². The lowest BCUT2D eigenvalue weighted by Gasteiger charge is -2.43. The van der Waals surface area contributed by atoms with Crippen molar-refractivity contribution in [3.63, 3.8) is 0 Å². The van der Waals surface area contributed by atoms with E-state index in [1.807, 2.05) is 20.9 Å². The second kappa shape index (κ2) is 6.69. The van der Waals surface area contributed by atoms with Crippen LogP contribution in [0.5, 0.6) is 0 Å². The van der Waals surface area contributed by atoms with E-state index in [1.54, 1.807) is 4.90 Å². The Morgan fingerprint density at radius 3 is 2.28 bits per heavy atom. The Morgan fingerprint density at radius 2 is 1.76 bits per heavy atom. The fourth-order valence-corrected chi connectivity index (χ4v) is 4.21. The molecule has 3 N–H and O–H groups in total. The molecule has 0 unspecified atom stereocenters. The Bertz CT molecular complexity index is 1070. The van der Waals surface area contributed by atoms with Gasteiger partial charge in [-0.2, -0.15) is 0 Å². The molecule has 9 heteroatoms. The molecule has 4 rings (SSSR count). The quantitative estimate of drug-likeness (QED) is 0.761. The van der Waals surface area contributed by atoms with Crippen molar-refractivity contribution in [2.75, 3.05) is 30.8 Å². The van der Waals surface area contributed by atoms with E-state index in [1.165, 1.54) is 4.57 Å². The van der Waals surface area contributed by atoms with Crippen LogP contribution in [-0.4, -0.2) is 52.8 Å². The highest BCUT2D eigenvalue weighted by Crippen LogP contribution is 2.42. The fraction of sp³-hybridized carbons (Fsp3) is 0.500. The molecular weight excluding hydrogens is 382 g/mol. The second-order valence-electron chi connectivity index (χ2n) is 8.20. The van der Waals surface area contributed by atoms with Crippen LogP contribution in [-0.2, 0) is 0 Å². The fourth-order valence-electron chi connectivity index (χ4n) is 4.21. The number of nitrogens with zero attached hydrogens (tertiary/aromatic N) is 3. The monoisotopic (exact) mass is 406 g/mol. The minimum absolute atomic E-state index is 0.0643. The summed E-state index contributed by atoms with van der Waals surface area (Å²) in [6.07, 6.45) is 2.61. The third-order valence-electron chi connectivity index (χ3n) is 6.21. The van der Waals surface area contributed by atoms with Crippen LogP contribution in [0.15, 0.2) is 11.0 Å². The number of carboxylic acids is 1. The molecule has 156 valence electrons. The van der Waals surface area contributed by atoms with E-state index in [4.69, 9.17) is 5.73 Å². The van der Waals surface area contributed by atoms with Crippen LogP contribution in [0.4, 0.5) is 20.2 Å². The summed E-state index contributed by atoms with van der Waals surface area (Å²) >= 11 is 0. The predicted molar refractivity (Wildman–Crippen MR) is 107 cm³/mol. The van der Waals surface area contributed by atoms with E-state index in [2.05, 4.69) is 4.90 Å². The highest BCUT2D eigenvalue weighted by molar-refractivity contribution is 5.99. The van der Waals surface area contributed by atoms with Crippen LogP contribution in [0, 0.1) is 11.6 Å². The Labute approximate surface area is 166 Å². The van der Waals surface area contributed by atoms with Gasteiger partial charge in [-0.3, -0.25) is 9.69 Å². The Kier molecular flexibility index (Phi) is 4.53.